The Morgan fingerprint density at radius 1 is 1.42 bits per heavy atom. The molecule has 1 aromatic carbocycles. The molecule has 0 aliphatic heterocycles. The van der Waals surface area contributed by atoms with Crippen molar-refractivity contribution in [1.82, 2.24) is 0 Å². The highest BCUT2D eigenvalue weighted by Gasteiger charge is 2.40. The van der Waals surface area contributed by atoms with Gasteiger partial charge in [-0.05, 0) is 24.5 Å². The van der Waals surface area contributed by atoms with Gasteiger partial charge in [-0.2, -0.15) is 0 Å². The van der Waals surface area contributed by atoms with Crippen LogP contribution in [0.5, 0.6) is 5.75 Å². The average molecular weight is 263 g/mol. The topological polar surface area (TPSA) is 64.6 Å². The van der Waals surface area contributed by atoms with Crippen LogP contribution >= 0.6 is 0 Å². The molecule has 5 heteroatoms. The van der Waals surface area contributed by atoms with Gasteiger partial charge < -0.3 is 14.8 Å². The quantitative estimate of drug-likeness (QED) is 0.823. The first kappa shape index (κ1) is 13.4. The molecule has 0 aromatic heterocycles. The van der Waals surface area contributed by atoms with Gasteiger partial charge in [-0.3, -0.25) is 9.59 Å². The predicted molar refractivity (Wildman–Crippen MR) is 69.9 cm³/mol. The summed E-state index contributed by atoms with van der Waals surface area (Å²) in [5.41, 5.74) is 0.611. The van der Waals surface area contributed by atoms with E-state index in [1.54, 1.807) is 31.4 Å². The van der Waals surface area contributed by atoms with E-state index in [4.69, 9.17) is 9.47 Å². The largest absolute Gasteiger partial charge is 0.497 e. The van der Waals surface area contributed by atoms with Gasteiger partial charge in [-0.15, -0.1) is 0 Å². The molecule has 0 unspecified atom stereocenters. The fraction of sp³-hybridized carbons (Fsp3) is 0.429. The van der Waals surface area contributed by atoms with Gasteiger partial charge >= 0.3 is 5.97 Å². The van der Waals surface area contributed by atoms with Crippen LogP contribution in [-0.2, 0) is 14.3 Å². The van der Waals surface area contributed by atoms with Gasteiger partial charge in [-0.1, -0.05) is 13.0 Å². The van der Waals surface area contributed by atoms with E-state index in [9.17, 15) is 9.59 Å². The van der Waals surface area contributed by atoms with Crippen LogP contribution in [0.25, 0.3) is 0 Å². The fourth-order valence-corrected chi connectivity index (χ4v) is 1.79. The summed E-state index contributed by atoms with van der Waals surface area (Å²) in [5, 5.41) is 2.65. The minimum absolute atomic E-state index is 0.0235. The fourth-order valence-electron chi connectivity index (χ4n) is 1.79. The van der Waals surface area contributed by atoms with E-state index in [-0.39, 0.29) is 24.4 Å². The van der Waals surface area contributed by atoms with Gasteiger partial charge in [0.25, 0.3) is 5.91 Å². The Kier molecular flexibility index (Phi) is 4.04. The van der Waals surface area contributed by atoms with Crippen LogP contribution < -0.4 is 10.1 Å². The van der Waals surface area contributed by atoms with Crippen LogP contribution in [0.4, 0.5) is 5.69 Å². The van der Waals surface area contributed by atoms with Crippen LogP contribution in [0.1, 0.15) is 13.3 Å². The summed E-state index contributed by atoms with van der Waals surface area (Å²) in [6.07, 6.45) is 0.857. The minimum Gasteiger partial charge on any atom is -0.497 e. The number of amides is 1. The zero-order valence-electron chi connectivity index (χ0n) is 11.0. The molecule has 1 N–H and O–H groups in total. The maximum Gasteiger partial charge on any atom is 0.309 e. The second-order valence-corrected chi connectivity index (χ2v) is 4.71. The molecule has 5 nitrogen and oxygen atoms in total. The first-order chi connectivity index (χ1) is 9.10. The van der Waals surface area contributed by atoms with Crippen molar-refractivity contribution in [2.75, 3.05) is 19.0 Å². The number of carbonyl (C=O) groups excluding carboxylic acids is 2. The molecule has 1 saturated carbocycles. The summed E-state index contributed by atoms with van der Waals surface area (Å²) < 4.78 is 9.99. The average Bonchev–Trinajstić information content (AvgIpc) is 3.13. The van der Waals surface area contributed by atoms with Crippen LogP contribution in [0, 0.1) is 11.8 Å². The number of rotatable bonds is 5. The summed E-state index contributed by atoms with van der Waals surface area (Å²) >= 11 is 0. The second kappa shape index (κ2) is 5.73. The van der Waals surface area contributed by atoms with Crippen LogP contribution in [0.3, 0.4) is 0 Å². The number of hydrogen-bond donors (Lipinski definition) is 1. The standard InChI is InChI=1S/C14H17NO4/c1-9-6-12(9)14(17)19-8-13(16)15-10-4-3-5-11(7-10)18-2/h3-5,7,9,12H,6,8H2,1-2H3,(H,15,16)/t9-,12-/m0/s1. The number of anilines is 1. The lowest BCUT2D eigenvalue weighted by Gasteiger charge is -2.07. The molecule has 1 aromatic rings. The molecule has 1 amide bonds. The maximum atomic E-state index is 11.6. The van der Waals surface area contributed by atoms with E-state index < -0.39 is 0 Å². The number of nitrogens with one attached hydrogen (secondary N) is 1. The third-order valence-electron chi connectivity index (χ3n) is 3.11. The van der Waals surface area contributed by atoms with E-state index in [0.29, 0.717) is 17.4 Å². The Bertz CT molecular complexity index is 486. The highest BCUT2D eigenvalue weighted by molar-refractivity contribution is 5.93. The normalized spacial score (nSPS) is 20.5. The summed E-state index contributed by atoms with van der Waals surface area (Å²) in [7, 11) is 1.56. The molecule has 1 fully saturated rings. The molecular formula is C14H17NO4. The molecule has 1 aliphatic carbocycles. The second-order valence-electron chi connectivity index (χ2n) is 4.71. The zero-order valence-corrected chi connectivity index (χ0v) is 11.0. The summed E-state index contributed by atoms with van der Waals surface area (Å²) in [6, 6.07) is 6.99. The summed E-state index contributed by atoms with van der Waals surface area (Å²) in [5.74, 6) is 0.378. The SMILES string of the molecule is COc1cccc(NC(=O)COC(=O)[C@H]2C[C@@H]2C)c1. The molecule has 0 heterocycles. The van der Waals surface area contributed by atoms with Gasteiger partial charge in [0, 0.05) is 11.8 Å². The number of hydrogen-bond acceptors (Lipinski definition) is 4. The molecule has 102 valence electrons. The molecule has 0 spiro atoms. The predicted octanol–water partition coefficient (Wildman–Crippen LogP) is 1.83. The highest BCUT2D eigenvalue weighted by atomic mass is 16.5. The third-order valence-corrected chi connectivity index (χ3v) is 3.11. The molecule has 0 bridgehead atoms. The first-order valence-corrected chi connectivity index (χ1v) is 6.20. The van der Waals surface area contributed by atoms with Gasteiger partial charge in [0.1, 0.15) is 5.75 Å². The van der Waals surface area contributed by atoms with Gasteiger partial charge in [0.15, 0.2) is 6.61 Å². The number of benzene rings is 1. The van der Waals surface area contributed by atoms with Crippen molar-refractivity contribution in [2.45, 2.75) is 13.3 Å². The molecule has 19 heavy (non-hydrogen) atoms. The highest BCUT2D eigenvalue weighted by Crippen LogP contribution is 2.38. The van der Waals surface area contributed by atoms with Crippen molar-refractivity contribution in [3.05, 3.63) is 24.3 Å². The Balaban J connectivity index is 1.78. The number of carbonyl (C=O) groups is 2. The van der Waals surface area contributed by atoms with E-state index in [1.165, 1.54) is 0 Å². The Morgan fingerprint density at radius 3 is 2.79 bits per heavy atom. The Morgan fingerprint density at radius 2 is 2.16 bits per heavy atom. The van der Waals surface area contributed by atoms with E-state index in [0.717, 1.165) is 6.42 Å². The number of ether oxygens (including phenoxy) is 2. The smallest absolute Gasteiger partial charge is 0.309 e. The maximum absolute atomic E-state index is 11.6. The van der Waals surface area contributed by atoms with Crippen molar-refractivity contribution in [3.8, 4) is 5.75 Å². The van der Waals surface area contributed by atoms with Crippen LogP contribution in [-0.4, -0.2) is 25.6 Å². The summed E-state index contributed by atoms with van der Waals surface area (Å²) in [4.78, 5) is 23.1. The Hall–Kier alpha value is -2.04. The molecule has 1 aliphatic rings. The van der Waals surface area contributed by atoms with Gasteiger partial charge in [0.2, 0.25) is 0 Å². The molecule has 0 saturated heterocycles. The van der Waals surface area contributed by atoms with Crippen molar-refractivity contribution in [3.63, 3.8) is 0 Å². The van der Waals surface area contributed by atoms with E-state index >= 15 is 0 Å². The lowest BCUT2D eigenvalue weighted by atomic mass is 10.3. The van der Waals surface area contributed by atoms with Crippen molar-refractivity contribution < 1.29 is 19.1 Å². The lowest BCUT2D eigenvalue weighted by Crippen LogP contribution is -2.21. The number of methoxy groups -OCH3 is 1. The van der Waals surface area contributed by atoms with Crippen molar-refractivity contribution in [1.29, 1.82) is 0 Å². The molecule has 2 atom stereocenters. The minimum atomic E-state index is -0.352. The molecular weight excluding hydrogens is 246 g/mol. The van der Waals surface area contributed by atoms with Gasteiger partial charge in [-0.25, -0.2) is 0 Å². The van der Waals surface area contributed by atoms with Crippen molar-refractivity contribution in [2.24, 2.45) is 11.8 Å². The third kappa shape index (κ3) is 3.71. The van der Waals surface area contributed by atoms with Gasteiger partial charge in [0.05, 0.1) is 13.0 Å². The monoisotopic (exact) mass is 263 g/mol. The summed E-state index contributed by atoms with van der Waals surface area (Å²) in [6.45, 7) is 1.74. The molecule has 0 radical (unpaired) electrons. The van der Waals surface area contributed by atoms with E-state index in [1.807, 2.05) is 6.92 Å². The first-order valence-electron chi connectivity index (χ1n) is 6.20. The lowest BCUT2D eigenvalue weighted by molar-refractivity contribution is -0.148. The Labute approximate surface area is 111 Å². The zero-order chi connectivity index (χ0) is 13.8. The number of esters is 1. The molecule has 2 rings (SSSR count). The van der Waals surface area contributed by atoms with Crippen molar-refractivity contribution >= 4 is 17.6 Å². The van der Waals surface area contributed by atoms with Crippen LogP contribution in [0.15, 0.2) is 24.3 Å². The van der Waals surface area contributed by atoms with Crippen LogP contribution in [0.2, 0.25) is 0 Å². The van der Waals surface area contributed by atoms with E-state index in [2.05, 4.69) is 5.32 Å².